The van der Waals surface area contributed by atoms with Crippen molar-refractivity contribution in [1.82, 2.24) is 10.3 Å². The molecular weight excluding hydrogens is 350 g/mol. The molecule has 1 aromatic heterocycles. The van der Waals surface area contributed by atoms with Gasteiger partial charge in [-0.3, -0.25) is 9.78 Å². The summed E-state index contributed by atoms with van der Waals surface area (Å²) in [5, 5.41) is 3.34. The number of aliphatic imine (C=N–C) groups is 1. The Morgan fingerprint density at radius 2 is 2.10 bits per heavy atom. The fourth-order valence-electron chi connectivity index (χ4n) is 1.75. The molecule has 2 heterocycles. The number of benzene rings is 1. The molecule has 0 atom stereocenters. The fraction of sp³-hybridized carbons (Fsp3) is 0. The smallest absolute Gasteiger partial charge is 0.264 e. The van der Waals surface area contributed by atoms with Crippen molar-refractivity contribution < 1.29 is 4.79 Å². The van der Waals surface area contributed by atoms with Crippen molar-refractivity contribution in [2.24, 2.45) is 4.99 Å². The van der Waals surface area contributed by atoms with Gasteiger partial charge in [-0.15, -0.1) is 0 Å². The maximum atomic E-state index is 12.0. The molecule has 1 fully saturated rings. The normalized spacial score (nSPS) is 18.2. The first-order chi connectivity index (χ1) is 10.2. The van der Waals surface area contributed by atoms with Crippen LogP contribution >= 0.6 is 27.7 Å². The first-order valence-corrected chi connectivity index (χ1v) is 7.77. The maximum Gasteiger partial charge on any atom is 0.264 e. The lowest BCUT2D eigenvalue weighted by atomic mass is 10.2. The zero-order chi connectivity index (χ0) is 14.7. The number of hydrogen-bond donors (Lipinski definition) is 1. The summed E-state index contributed by atoms with van der Waals surface area (Å²) in [6.07, 6.45) is 5.21. The second kappa shape index (κ2) is 6.24. The first-order valence-electron chi connectivity index (χ1n) is 6.16. The van der Waals surface area contributed by atoms with Gasteiger partial charge in [0, 0.05) is 16.9 Å². The lowest BCUT2D eigenvalue weighted by Crippen LogP contribution is -2.19. The predicted octanol–water partition coefficient (Wildman–Crippen LogP) is 3.74. The van der Waals surface area contributed by atoms with Gasteiger partial charge in [-0.2, -0.15) is 0 Å². The molecule has 1 saturated heterocycles. The van der Waals surface area contributed by atoms with Crippen LogP contribution in [0.5, 0.6) is 0 Å². The van der Waals surface area contributed by atoms with E-state index in [1.165, 1.54) is 11.8 Å². The molecule has 2 aromatic rings. The van der Waals surface area contributed by atoms with Crippen molar-refractivity contribution in [3.63, 3.8) is 0 Å². The molecule has 0 bridgehead atoms. The summed E-state index contributed by atoms with van der Waals surface area (Å²) in [4.78, 5) is 21.0. The van der Waals surface area contributed by atoms with E-state index in [1.54, 1.807) is 18.5 Å². The van der Waals surface area contributed by atoms with Crippen molar-refractivity contribution in [2.75, 3.05) is 0 Å². The molecule has 4 nitrogen and oxygen atoms in total. The molecule has 0 spiro atoms. The second-order valence-corrected chi connectivity index (χ2v) is 6.10. The van der Waals surface area contributed by atoms with Crippen LogP contribution in [0.3, 0.4) is 0 Å². The van der Waals surface area contributed by atoms with Crippen LogP contribution in [-0.4, -0.2) is 16.1 Å². The van der Waals surface area contributed by atoms with E-state index in [-0.39, 0.29) is 5.91 Å². The number of para-hydroxylation sites is 1. The maximum absolute atomic E-state index is 12.0. The molecule has 1 aliphatic heterocycles. The summed E-state index contributed by atoms with van der Waals surface area (Å²) in [5.41, 5.74) is 1.67. The number of halogens is 1. The number of amides is 1. The van der Waals surface area contributed by atoms with Gasteiger partial charge >= 0.3 is 0 Å². The summed E-state index contributed by atoms with van der Waals surface area (Å²) in [5.74, 6) is -0.144. The van der Waals surface area contributed by atoms with E-state index in [1.807, 2.05) is 36.4 Å². The van der Waals surface area contributed by atoms with E-state index < -0.39 is 0 Å². The minimum absolute atomic E-state index is 0.144. The molecule has 0 unspecified atom stereocenters. The van der Waals surface area contributed by atoms with Gasteiger partial charge in [0.1, 0.15) is 0 Å². The second-order valence-electron chi connectivity index (χ2n) is 4.22. The third kappa shape index (κ3) is 3.40. The SMILES string of the molecule is O=C1NC(=Nc2ccccc2Br)SC1=Cc1cccnc1. The van der Waals surface area contributed by atoms with E-state index in [9.17, 15) is 4.79 Å². The molecule has 0 saturated carbocycles. The monoisotopic (exact) mass is 359 g/mol. The molecule has 1 N–H and O–H groups in total. The van der Waals surface area contributed by atoms with Crippen molar-refractivity contribution >= 4 is 50.5 Å². The van der Waals surface area contributed by atoms with E-state index in [4.69, 9.17) is 0 Å². The zero-order valence-electron chi connectivity index (χ0n) is 10.8. The highest BCUT2D eigenvalue weighted by Crippen LogP contribution is 2.30. The number of nitrogens with zero attached hydrogens (tertiary/aromatic N) is 2. The third-order valence-electron chi connectivity index (χ3n) is 2.71. The van der Waals surface area contributed by atoms with Crippen LogP contribution in [-0.2, 0) is 4.79 Å². The number of pyridine rings is 1. The largest absolute Gasteiger partial charge is 0.300 e. The molecule has 1 aliphatic rings. The molecule has 21 heavy (non-hydrogen) atoms. The number of rotatable bonds is 2. The average Bonchev–Trinajstić information content (AvgIpc) is 2.82. The van der Waals surface area contributed by atoms with E-state index in [0.29, 0.717) is 10.1 Å². The topological polar surface area (TPSA) is 54.4 Å². The Bertz CT molecular complexity index is 744. The summed E-state index contributed by atoms with van der Waals surface area (Å²) in [7, 11) is 0. The molecule has 0 radical (unpaired) electrons. The van der Waals surface area contributed by atoms with E-state index in [2.05, 4.69) is 31.2 Å². The average molecular weight is 360 g/mol. The van der Waals surface area contributed by atoms with Gasteiger partial charge < -0.3 is 5.32 Å². The van der Waals surface area contributed by atoms with Crippen LogP contribution in [0.15, 0.2) is 63.2 Å². The summed E-state index contributed by atoms with van der Waals surface area (Å²) in [6.45, 7) is 0. The number of aromatic nitrogens is 1. The Kier molecular flexibility index (Phi) is 4.17. The first kappa shape index (κ1) is 14.0. The Morgan fingerprint density at radius 1 is 1.24 bits per heavy atom. The lowest BCUT2D eigenvalue weighted by molar-refractivity contribution is -0.115. The minimum Gasteiger partial charge on any atom is -0.300 e. The van der Waals surface area contributed by atoms with Crippen molar-refractivity contribution in [1.29, 1.82) is 0 Å². The van der Waals surface area contributed by atoms with E-state index in [0.717, 1.165) is 15.7 Å². The van der Waals surface area contributed by atoms with Gasteiger partial charge in [0.2, 0.25) is 0 Å². The van der Waals surface area contributed by atoms with Crippen molar-refractivity contribution in [2.45, 2.75) is 0 Å². The number of carbonyl (C=O) groups excluding carboxylic acids is 1. The zero-order valence-corrected chi connectivity index (χ0v) is 13.2. The van der Waals surface area contributed by atoms with Gasteiger partial charge in [0.15, 0.2) is 5.17 Å². The number of hydrogen-bond acceptors (Lipinski definition) is 4. The number of thioether (sulfide) groups is 1. The Balaban J connectivity index is 1.85. The minimum atomic E-state index is -0.144. The van der Waals surface area contributed by atoms with Crippen molar-refractivity contribution in [3.05, 3.63) is 63.7 Å². The van der Waals surface area contributed by atoms with Crippen molar-refractivity contribution in [3.8, 4) is 0 Å². The van der Waals surface area contributed by atoms with Gasteiger partial charge in [0.05, 0.1) is 10.6 Å². The third-order valence-corrected chi connectivity index (χ3v) is 4.29. The van der Waals surface area contributed by atoms with Crippen LogP contribution in [0.2, 0.25) is 0 Å². The van der Waals surface area contributed by atoms with Crippen LogP contribution in [0.4, 0.5) is 5.69 Å². The van der Waals surface area contributed by atoms with Crippen LogP contribution in [0.25, 0.3) is 6.08 Å². The molecule has 3 rings (SSSR count). The van der Waals surface area contributed by atoms with Crippen LogP contribution in [0.1, 0.15) is 5.56 Å². The van der Waals surface area contributed by atoms with Crippen LogP contribution in [0, 0.1) is 0 Å². The summed E-state index contributed by atoms with van der Waals surface area (Å²) in [6, 6.07) is 11.3. The number of nitrogens with one attached hydrogen (secondary N) is 1. The Labute approximate surface area is 134 Å². The molecule has 1 aromatic carbocycles. The summed E-state index contributed by atoms with van der Waals surface area (Å²) >= 11 is 4.75. The Hall–Kier alpha value is -1.92. The standard InChI is InChI=1S/C15H10BrN3OS/c16-11-5-1-2-6-12(11)18-15-19-14(20)13(21-15)8-10-4-3-7-17-9-10/h1-9H,(H,18,19,20). The molecule has 0 aliphatic carbocycles. The van der Waals surface area contributed by atoms with Gasteiger partial charge in [-0.1, -0.05) is 18.2 Å². The molecule has 6 heteroatoms. The van der Waals surface area contributed by atoms with E-state index >= 15 is 0 Å². The molecular formula is C15H10BrN3OS. The number of amidine groups is 1. The van der Waals surface area contributed by atoms with Gasteiger partial charge in [-0.05, 0) is 57.5 Å². The highest BCUT2D eigenvalue weighted by atomic mass is 79.9. The fourth-order valence-corrected chi connectivity index (χ4v) is 2.95. The Morgan fingerprint density at radius 3 is 2.86 bits per heavy atom. The van der Waals surface area contributed by atoms with Gasteiger partial charge in [0.25, 0.3) is 5.91 Å². The predicted molar refractivity (Wildman–Crippen MR) is 89.2 cm³/mol. The highest BCUT2D eigenvalue weighted by molar-refractivity contribution is 9.10. The highest BCUT2D eigenvalue weighted by Gasteiger charge is 2.23. The van der Waals surface area contributed by atoms with Gasteiger partial charge in [-0.25, -0.2) is 4.99 Å². The molecule has 104 valence electrons. The quantitative estimate of drug-likeness (QED) is 0.831. The van der Waals surface area contributed by atoms with Crippen LogP contribution < -0.4 is 5.32 Å². The number of carbonyl (C=O) groups is 1. The summed E-state index contributed by atoms with van der Waals surface area (Å²) < 4.78 is 0.886. The lowest BCUT2D eigenvalue weighted by Gasteiger charge is -1.98. The molecule has 1 amide bonds.